The Morgan fingerprint density at radius 2 is 2.57 bits per heavy atom. The van der Waals surface area contributed by atoms with Gasteiger partial charge in [-0.15, -0.1) is 0 Å². The summed E-state index contributed by atoms with van der Waals surface area (Å²) in [6.45, 7) is 0. The summed E-state index contributed by atoms with van der Waals surface area (Å²) in [5.41, 5.74) is 5.19. The summed E-state index contributed by atoms with van der Waals surface area (Å²) in [6.07, 6.45) is 0. The van der Waals surface area contributed by atoms with Gasteiger partial charge in [-0.1, -0.05) is 0 Å². The fourth-order valence-corrected chi connectivity index (χ4v) is 0.909. The Balaban J connectivity index is 2.67. The molecule has 0 saturated carbocycles. The highest BCUT2D eigenvalue weighted by Crippen LogP contribution is 1.97. The number of rotatable bonds is 0. The van der Waals surface area contributed by atoms with Crippen molar-refractivity contribution in [2.24, 2.45) is 5.73 Å². The monoisotopic (exact) mass is 117 g/mol. The molecule has 0 unspecified atom stereocenters. The van der Waals surface area contributed by atoms with E-state index >= 15 is 0 Å². The molecule has 0 aromatic rings. The van der Waals surface area contributed by atoms with E-state index in [-0.39, 0.29) is 5.24 Å². The second-order valence-electron chi connectivity index (χ2n) is 1.23. The van der Waals surface area contributed by atoms with Gasteiger partial charge in [0.15, 0.2) is 0 Å². The molecular formula is C3H5N2OS+. The first-order valence-corrected chi connectivity index (χ1v) is 2.82. The molecule has 1 amide bonds. The quantitative estimate of drug-likeness (QED) is 0.397. The third kappa shape index (κ3) is 0.928. The van der Waals surface area contributed by atoms with Gasteiger partial charge in [0.05, 0.1) is 0 Å². The molecule has 0 radical (unpaired) electrons. The maximum Gasteiger partial charge on any atom is 0.367 e. The number of amides is 1. The van der Waals surface area contributed by atoms with Crippen molar-refractivity contribution in [2.45, 2.75) is 0 Å². The van der Waals surface area contributed by atoms with E-state index < -0.39 is 0 Å². The summed E-state index contributed by atoms with van der Waals surface area (Å²) in [6, 6.07) is 0. The van der Waals surface area contributed by atoms with Crippen LogP contribution in [0.2, 0.25) is 0 Å². The van der Waals surface area contributed by atoms with Crippen LogP contribution in [0.4, 0.5) is 4.79 Å². The molecule has 0 aliphatic carbocycles. The molecule has 0 aromatic carbocycles. The Hall–Kier alpha value is -0.510. The number of nitrogens with two attached hydrogens (primary N) is 1. The molecule has 1 aliphatic heterocycles. The highest BCUT2D eigenvalue weighted by molar-refractivity contribution is 8.13. The third-order valence-electron chi connectivity index (χ3n) is 0.621. The molecule has 0 aromatic heterocycles. The lowest BCUT2D eigenvalue weighted by atomic mass is 10.7. The van der Waals surface area contributed by atoms with E-state index in [0.717, 1.165) is 0 Å². The van der Waals surface area contributed by atoms with Crippen LogP contribution in [0.3, 0.4) is 0 Å². The first-order valence-electron chi connectivity index (χ1n) is 1.84. The smallest absolute Gasteiger partial charge is 0.290 e. The highest BCUT2D eigenvalue weighted by atomic mass is 32.2. The van der Waals surface area contributed by atoms with Gasteiger partial charge in [0, 0.05) is 0 Å². The van der Waals surface area contributed by atoms with Gasteiger partial charge < -0.3 is 0 Å². The number of carbonyl (C=O) groups is 1. The van der Waals surface area contributed by atoms with Crippen LogP contribution in [0.15, 0.2) is 0 Å². The molecule has 0 saturated heterocycles. The number of nitrogens with one attached hydrogen (secondary N) is 1. The molecule has 38 valence electrons. The second kappa shape index (κ2) is 1.54. The molecule has 1 heterocycles. The summed E-state index contributed by atoms with van der Waals surface area (Å²) in [4.78, 5) is 12.6. The van der Waals surface area contributed by atoms with E-state index in [1.807, 2.05) is 0 Å². The van der Waals surface area contributed by atoms with Gasteiger partial charge in [0.25, 0.3) is 5.84 Å². The molecule has 3 N–H and O–H groups in total. The lowest BCUT2D eigenvalue weighted by molar-refractivity contribution is -0.327. The van der Waals surface area contributed by atoms with Crippen LogP contribution >= 0.6 is 11.8 Å². The van der Waals surface area contributed by atoms with Gasteiger partial charge >= 0.3 is 5.24 Å². The van der Waals surface area contributed by atoms with Gasteiger partial charge in [-0.05, 0) is 11.8 Å². The zero-order valence-electron chi connectivity index (χ0n) is 3.60. The zero-order valence-corrected chi connectivity index (χ0v) is 4.42. The Morgan fingerprint density at radius 3 is 2.71 bits per heavy atom. The number of carbonyl (C=O) groups excluding carboxylic acids is 1. The van der Waals surface area contributed by atoms with Crippen molar-refractivity contribution < 1.29 is 9.79 Å². The average Bonchev–Trinajstić information content (AvgIpc) is 1.87. The number of hydrogen-bond donors (Lipinski definition) is 2. The summed E-state index contributed by atoms with van der Waals surface area (Å²) in [5.74, 6) is 1.19. The van der Waals surface area contributed by atoms with Crippen LogP contribution in [-0.4, -0.2) is 16.8 Å². The summed E-state index contributed by atoms with van der Waals surface area (Å²) < 4.78 is 0. The summed E-state index contributed by atoms with van der Waals surface area (Å²) in [5, 5.41) is -0.0440. The van der Waals surface area contributed by atoms with Crippen molar-refractivity contribution in [1.29, 1.82) is 0 Å². The average molecular weight is 117 g/mol. The van der Waals surface area contributed by atoms with E-state index in [1.165, 1.54) is 11.8 Å². The highest BCUT2D eigenvalue weighted by Gasteiger charge is 2.15. The SMILES string of the molecule is NC1=[NH+]C(=O)SC1. The number of hydrogen-bond acceptors (Lipinski definition) is 3. The van der Waals surface area contributed by atoms with Crippen molar-refractivity contribution >= 4 is 22.8 Å². The van der Waals surface area contributed by atoms with Crippen molar-refractivity contribution in [1.82, 2.24) is 0 Å². The van der Waals surface area contributed by atoms with E-state index in [1.54, 1.807) is 0 Å². The minimum atomic E-state index is -0.0440. The predicted molar refractivity (Wildman–Crippen MR) is 28.0 cm³/mol. The first kappa shape index (κ1) is 4.64. The van der Waals surface area contributed by atoms with Crippen LogP contribution in [0.25, 0.3) is 0 Å². The molecule has 1 aliphatic rings. The fraction of sp³-hybridized carbons (Fsp3) is 0.333. The van der Waals surface area contributed by atoms with E-state index in [9.17, 15) is 4.79 Å². The van der Waals surface area contributed by atoms with Crippen LogP contribution in [0.1, 0.15) is 0 Å². The van der Waals surface area contributed by atoms with Crippen molar-refractivity contribution in [3.8, 4) is 0 Å². The van der Waals surface area contributed by atoms with Gasteiger partial charge in [-0.25, -0.2) is 9.79 Å². The zero-order chi connectivity index (χ0) is 5.28. The fourth-order valence-electron chi connectivity index (χ4n) is 0.347. The largest absolute Gasteiger partial charge is 0.367 e. The van der Waals surface area contributed by atoms with E-state index in [4.69, 9.17) is 5.73 Å². The maximum atomic E-state index is 10.2. The predicted octanol–water partition coefficient (Wildman–Crippen LogP) is -1.71. The van der Waals surface area contributed by atoms with Gasteiger partial charge in [-0.2, -0.15) is 0 Å². The molecular weight excluding hydrogens is 112 g/mol. The lowest BCUT2D eigenvalue weighted by Crippen LogP contribution is -2.74. The molecule has 7 heavy (non-hydrogen) atoms. The second-order valence-corrected chi connectivity index (χ2v) is 2.17. The van der Waals surface area contributed by atoms with Crippen LogP contribution in [0, 0.1) is 0 Å². The topological polar surface area (TPSA) is 57.1 Å². The Morgan fingerprint density at radius 1 is 1.86 bits per heavy atom. The van der Waals surface area contributed by atoms with Crippen molar-refractivity contribution in [3.05, 3.63) is 0 Å². The number of thioether (sulfide) groups is 1. The first-order chi connectivity index (χ1) is 3.29. The summed E-state index contributed by atoms with van der Waals surface area (Å²) >= 11 is 1.19. The van der Waals surface area contributed by atoms with Crippen molar-refractivity contribution in [2.75, 3.05) is 5.75 Å². The molecule has 0 bridgehead atoms. The molecule has 0 atom stereocenters. The minimum absolute atomic E-state index is 0.0440. The van der Waals surface area contributed by atoms with Gasteiger partial charge in [0.2, 0.25) is 0 Å². The third-order valence-corrected chi connectivity index (χ3v) is 1.44. The van der Waals surface area contributed by atoms with Crippen molar-refractivity contribution in [3.63, 3.8) is 0 Å². The molecule has 3 nitrogen and oxygen atoms in total. The Bertz CT molecular complexity index is 131. The maximum absolute atomic E-state index is 10.2. The standard InChI is InChI=1S/C3H4N2OS/c4-2-1-7-3(6)5-2/h1H2,(H2,4,5,6)/p+1. The Labute approximate surface area is 45.0 Å². The van der Waals surface area contributed by atoms with E-state index in [2.05, 4.69) is 4.99 Å². The number of amidine groups is 1. The molecule has 0 spiro atoms. The molecule has 1 rings (SSSR count). The Kier molecular flexibility index (Phi) is 1.02. The van der Waals surface area contributed by atoms with Crippen LogP contribution < -0.4 is 10.7 Å². The normalized spacial score (nSPS) is 20.0. The van der Waals surface area contributed by atoms with Crippen LogP contribution in [-0.2, 0) is 0 Å². The molecule has 4 heteroatoms. The lowest BCUT2D eigenvalue weighted by Gasteiger charge is -1.67. The van der Waals surface area contributed by atoms with E-state index in [0.29, 0.717) is 11.6 Å². The minimum Gasteiger partial charge on any atom is -0.290 e. The van der Waals surface area contributed by atoms with Gasteiger partial charge in [-0.3, -0.25) is 5.73 Å². The van der Waals surface area contributed by atoms with Crippen LogP contribution in [0.5, 0.6) is 0 Å². The summed E-state index contributed by atoms with van der Waals surface area (Å²) in [7, 11) is 0. The van der Waals surface area contributed by atoms with Gasteiger partial charge in [0.1, 0.15) is 5.75 Å². The molecule has 0 fully saturated rings.